The molecule has 0 saturated carbocycles. The van der Waals surface area contributed by atoms with Crippen LogP contribution in [-0.2, 0) is 14.4 Å². The monoisotopic (exact) mass is 284 g/mol. The van der Waals surface area contributed by atoms with Gasteiger partial charge in [-0.05, 0) is 19.3 Å². The summed E-state index contributed by atoms with van der Waals surface area (Å²) in [6.45, 7) is 0.134. The zero-order valence-corrected chi connectivity index (χ0v) is 11.6. The maximum absolute atomic E-state index is 10.2. The van der Waals surface area contributed by atoms with Crippen molar-refractivity contribution in [3.8, 4) is 0 Å². The lowest BCUT2D eigenvalue weighted by Crippen LogP contribution is -2.37. The Morgan fingerprint density at radius 1 is 0.632 bits per heavy atom. The summed E-state index contributed by atoms with van der Waals surface area (Å²) in [7, 11) is 0. The van der Waals surface area contributed by atoms with Crippen molar-refractivity contribution in [3.63, 3.8) is 0 Å². The first-order valence-electron chi connectivity index (χ1n) is 4.73. The highest BCUT2D eigenvalue weighted by Gasteiger charge is 2.05. The molecule has 0 fully saturated rings. The minimum atomic E-state index is -1.27. The third-order valence-corrected chi connectivity index (χ3v) is 1.90. The number of nitrogens with zero attached hydrogens (tertiary/aromatic N) is 1. The van der Waals surface area contributed by atoms with Gasteiger partial charge in [-0.3, -0.25) is 0 Å². The zero-order chi connectivity index (χ0) is 12.6. The van der Waals surface area contributed by atoms with Gasteiger partial charge in [0.2, 0.25) is 0 Å². The third-order valence-electron chi connectivity index (χ3n) is 1.90. The summed E-state index contributed by atoms with van der Waals surface area (Å²) >= 11 is 0. The molecule has 0 aliphatic carbocycles. The molecule has 0 aromatic heterocycles. The smallest absolute Gasteiger partial charge is 0.0427 e. The fraction of sp³-hybridized carbons (Fsp3) is 0.667. The molecule has 0 amide bonds. The standard InChI is InChI=1S/C9H15NO6.3H3N/c11-7(12)1-4-10(5-2-8(13)14)6-3-9(15)16;;;/h1-6H2,(H,11,12)(H,13,14)(H,15,16);3*1H3. The second-order valence-corrected chi connectivity index (χ2v) is 3.21. The van der Waals surface area contributed by atoms with Gasteiger partial charge in [0.25, 0.3) is 0 Å². The van der Waals surface area contributed by atoms with Crippen LogP contribution in [0.5, 0.6) is 0 Å². The molecule has 0 saturated heterocycles. The molecule has 0 aliphatic rings. The lowest BCUT2D eigenvalue weighted by atomic mass is 10.3. The molecule has 116 valence electrons. The van der Waals surface area contributed by atoms with E-state index < -0.39 is 17.9 Å². The lowest BCUT2D eigenvalue weighted by molar-refractivity contribution is -0.306. The maximum Gasteiger partial charge on any atom is 0.0427 e. The highest BCUT2D eigenvalue weighted by Crippen LogP contribution is 1.96. The van der Waals surface area contributed by atoms with E-state index in [2.05, 4.69) is 0 Å². The highest BCUT2D eigenvalue weighted by molar-refractivity contribution is 5.65. The van der Waals surface area contributed by atoms with Crippen molar-refractivity contribution < 1.29 is 29.7 Å². The first-order valence-corrected chi connectivity index (χ1v) is 4.73. The summed E-state index contributed by atoms with van der Waals surface area (Å²) in [4.78, 5) is 32.0. The summed E-state index contributed by atoms with van der Waals surface area (Å²) in [5.74, 6) is -3.81. The van der Waals surface area contributed by atoms with Crippen molar-refractivity contribution >= 4 is 17.9 Å². The van der Waals surface area contributed by atoms with Crippen molar-refractivity contribution in [2.45, 2.75) is 19.3 Å². The maximum atomic E-state index is 10.2. The summed E-state index contributed by atoms with van der Waals surface area (Å²) in [5.41, 5.74) is 0. The molecule has 0 aliphatic heterocycles. The molecule has 0 aromatic rings. The van der Waals surface area contributed by atoms with Gasteiger partial charge in [-0.25, -0.2) is 0 Å². The molecule has 0 rings (SSSR count). The highest BCUT2D eigenvalue weighted by atomic mass is 16.4. The van der Waals surface area contributed by atoms with Crippen LogP contribution in [0.15, 0.2) is 0 Å². The normalized spacial score (nSPS) is 8.68. The van der Waals surface area contributed by atoms with Gasteiger partial charge in [0, 0.05) is 37.5 Å². The number of carbonyl (C=O) groups excluding carboxylic acids is 3. The van der Waals surface area contributed by atoms with E-state index in [1.54, 1.807) is 0 Å². The Hall–Kier alpha value is -1.75. The molecule has 0 atom stereocenters. The van der Waals surface area contributed by atoms with Gasteiger partial charge < -0.3 is 53.1 Å². The number of aliphatic carboxylic acids is 3. The molecule has 10 nitrogen and oxygen atoms in total. The van der Waals surface area contributed by atoms with Gasteiger partial charge >= 0.3 is 0 Å². The number of hydrogen-bond donors (Lipinski definition) is 3. The minimum Gasteiger partial charge on any atom is -0.550 e. The second-order valence-electron chi connectivity index (χ2n) is 3.21. The SMILES string of the molecule is O=C([O-])CCN(CCC(=O)[O-])CCC(=O)[O-].[NH4+].[NH4+].[NH4+]. The van der Waals surface area contributed by atoms with Gasteiger partial charge in [-0.15, -0.1) is 0 Å². The zero-order valence-electron chi connectivity index (χ0n) is 11.6. The van der Waals surface area contributed by atoms with E-state index >= 15 is 0 Å². The van der Waals surface area contributed by atoms with Gasteiger partial charge in [0.1, 0.15) is 0 Å². The minimum absolute atomic E-state index is 0. The van der Waals surface area contributed by atoms with Crippen LogP contribution < -0.4 is 33.8 Å². The number of quaternary nitrogens is 3. The van der Waals surface area contributed by atoms with Gasteiger partial charge in [0.05, 0.1) is 0 Å². The van der Waals surface area contributed by atoms with Crippen molar-refractivity contribution in [1.82, 2.24) is 23.4 Å². The van der Waals surface area contributed by atoms with Crippen LogP contribution in [0.25, 0.3) is 0 Å². The first kappa shape index (κ1) is 25.9. The van der Waals surface area contributed by atoms with Crippen molar-refractivity contribution in [1.29, 1.82) is 0 Å². The average Bonchev–Trinajstić information content (AvgIpc) is 2.15. The van der Waals surface area contributed by atoms with Crippen molar-refractivity contribution in [2.24, 2.45) is 0 Å². The van der Waals surface area contributed by atoms with Crippen LogP contribution in [0.2, 0.25) is 0 Å². The largest absolute Gasteiger partial charge is 0.550 e. The number of carbonyl (C=O) groups is 3. The van der Waals surface area contributed by atoms with E-state index in [0.717, 1.165) is 0 Å². The van der Waals surface area contributed by atoms with Crippen LogP contribution in [0, 0.1) is 0 Å². The number of carboxylic acids is 3. The molecule has 12 N–H and O–H groups in total. The Balaban J connectivity index is -0.000000375. The van der Waals surface area contributed by atoms with E-state index in [1.165, 1.54) is 4.90 Å². The first-order chi connectivity index (χ1) is 7.41. The van der Waals surface area contributed by atoms with Crippen LogP contribution in [0.3, 0.4) is 0 Å². The summed E-state index contributed by atoms with van der Waals surface area (Å²) in [5, 5.41) is 30.6. The number of hydrogen-bond acceptors (Lipinski definition) is 7. The fourth-order valence-electron chi connectivity index (χ4n) is 1.08. The topological polar surface area (TPSA) is 233 Å². The molecule has 0 heterocycles. The van der Waals surface area contributed by atoms with E-state index in [4.69, 9.17) is 0 Å². The van der Waals surface area contributed by atoms with E-state index in [9.17, 15) is 29.7 Å². The van der Waals surface area contributed by atoms with Gasteiger partial charge in [0.15, 0.2) is 0 Å². The van der Waals surface area contributed by atoms with E-state index in [0.29, 0.717) is 0 Å². The molecule has 10 heteroatoms. The van der Waals surface area contributed by atoms with Crippen molar-refractivity contribution in [3.05, 3.63) is 0 Å². The Morgan fingerprint density at radius 2 is 0.842 bits per heavy atom. The van der Waals surface area contributed by atoms with Crippen LogP contribution >= 0.6 is 0 Å². The van der Waals surface area contributed by atoms with Gasteiger partial charge in [-0.2, -0.15) is 0 Å². The Bertz CT molecular complexity index is 231. The predicted octanol–water partition coefficient (Wildman–Crippen LogP) is -3.16. The second kappa shape index (κ2) is 14.3. The predicted molar refractivity (Wildman–Crippen MR) is 63.3 cm³/mol. The molecular weight excluding hydrogens is 260 g/mol. The summed E-state index contributed by atoms with van der Waals surface area (Å²) in [6.07, 6.45) is -0.833. The Labute approximate surface area is 111 Å². The lowest BCUT2D eigenvalue weighted by Gasteiger charge is -2.22. The quantitative estimate of drug-likeness (QED) is 0.392. The molecule has 0 spiro atoms. The summed E-state index contributed by atoms with van der Waals surface area (Å²) < 4.78 is 0. The molecule has 0 unspecified atom stereocenters. The van der Waals surface area contributed by atoms with Crippen LogP contribution in [0.1, 0.15) is 19.3 Å². The Morgan fingerprint density at radius 3 is 1.00 bits per heavy atom. The molecular formula is C9H24N4O6. The average molecular weight is 284 g/mol. The fourth-order valence-corrected chi connectivity index (χ4v) is 1.08. The van der Waals surface area contributed by atoms with Gasteiger partial charge in [-0.1, -0.05) is 0 Å². The van der Waals surface area contributed by atoms with Crippen LogP contribution in [0.4, 0.5) is 0 Å². The molecule has 0 bridgehead atoms. The third kappa shape index (κ3) is 18.8. The molecule has 0 radical (unpaired) electrons. The van der Waals surface area contributed by atoms with E-state index in [1.807, 2.05) is 0 Å². The van der Waals surface area contributed by atoms with Crippen molar-refractivity contribution in [2.75, 3.05) is 19.6 Å². The number of rotatable bonds is 9. The Kier molecular flexibility index (Phi) is 19.5. The summed E-state index contributed by atoms with van der Waals surface area (Å²) in [6, 6.07) is 0. The number of carboxylic acid groups (broad SMARTS) is 3. The molecule has 0 aromatic carbocycles. The molecule has 19 heavy (non-hydrogen) atoms. The van der Waals surface area contributed by atoms with E-state index in [-0.39, 0.29) is 57.3 Å². The van der Waals surface area contributed by atoms with Crippen LogP contribution in [-0.4, -0.2) is 42.4 Å².